The molecule has 0 saturated carbocycles. The van der Waals surface area contributed by atoms with Gasteiger partial charge in [0.1, 0.15) is 0 Å². The smallest absolute Gasteiger partial charge is 0.239 e. The molecule has 0 amide bonds. The van der Waals surface area contributed by atoms with Crippen LogP contribution in [0.3, 0.4) is 0 Å². The molecule has 0 radical (unpaired) electrons. The van der Waals surface area contributed by atoms with Crippen LogP contribution in [-0.2, 0) is 15.6 Å². The highest BCUT2D eigenvalue weighted by Gasteiger charge is 2.43. The highest BCUT2D eigenvalue weighted by molar-refractivity contribution is 7.89. The van der Waals surface area contributed by atoms with Crippen LogP contribution < -0.4 is 5.32 Å². The molecule has 1 aromatic rings. The van der Waals surface area contributed by atoms with Crippen molar-refractivity contribution in [3.05, 3.63) is 35.4 Å². The number of guanidine groups is 1. The van der Waals surface area contributed by atoms with Gasteiger partial charge in [-0.3, -0.25) is 5.41 Å². The van der Waals surface area contributed by atoms with Gasteiger partial charge in [-0.2, -0.15) is 0 Å². The Labute approximate surface area is 109 Å². The van der Waals surface area contributed by atoms with Crippen molar-refractivity contribution in [2.24, 2.45) is 0 Å². The van der Waals surface area contributed by atoms with E-state index in [2.05, 4.69) is 5.32 Å². The molecule has 0 bridgehead atoms. The third-order valence-electron chi connectivity index (χ3n) is 3.14. The minimum atomic E-state index is -3.74. The molecular weight excluding hydrogens is 276 g/mol. The molecule has 0 unspecified atom stereocenters. The van der Waals surface area contributed by atoms with Crippen LogP contribution in [0.2, 0.25) is 0 Å². The quantitative estimate of drug-likeness (QED) is 0.809. The van der Waals surface area contributed by atoms with Gasteiger partial charge in [0.05, 0.1) is 11.3 Å². The van der Waals surface area contributed by atoms with Gasteiger partial charge in [-0.1, -0.05) is 12.1 Å². The van der Waals surface area contributed by atoms with Crippen LogP contribution in [0.1, 0.15) is 12.5 Å². The topological polar surface area (TPSA) is 73.3 Å². The Morgan fingerprint density at radius 3 is 2.63 bits per heavy atom. The van der Waals surface area contributed by atoms with Gasteiger partial charge < -0.3 is 5.32 Å². The first-order chi connectivity index (χ1) is 8.67. The van der Waals surface area contributed by atoms with Crippen LogP contribution in [0, 0.1) is 17.0 Å². The average Bonchev–Trinajstić information content (AvgIpc) is 2.29. The molecule has 0 spiro atoms. The minimum Gasteiger partial charge on any atom is -0.345 e. The molecule has 19 heavy (non-hydrogen) atoms. The number of sulfonamides is 1. The predicted molar refractivity (Wildman–Crippen MR) is 66.1 cm³/mol. The standard InChI is InChI=1S/C11H13F2N3O2S/c1-11(7-4-3-5-8(12)9(7)13)6-19(17,18)16(2)10(14)15-11/h3-5H,6H2,1-2H3,(H2,14,15)/t11-/m0/s1. The van der Waals surface area contributed by atoms with Crippen molar-refractivity contribution < 1.29 is 17.2 Å². The Hall–Kier alpha value is -1.70. The third kappa shape index (κ3) is 2.16. The zero-order valence-electron chi connectivity index (χ0n) is 10.4. The van der Waals surface area contributed by atoms with Crippen LogP contribution >= 0.6 is 0 Å². The number of hydrogen-bond donors (Lipinski definition) is 2. The molecular formula is C11H13F2N3O2S. The number of nitrogens with zero attached hydrogens (tertiary/aromatic N) is 1. The average molecular weight is 289 g/mol. The lowest BCUT2D eigenvalue weighted by atomic mass is 9.93. The second-order valence-corrected chi connectivity index (χ2v) is 6.63. The number of hydrogen-bond acceptors (Lipinski definition) is 3. The molecule has 1 atom stereocenters. The second-order valence-electron chi connectivity index (χ2n) is 4.63. The summed E-state index contributed by atoms with van der Waals surface area (Å²) in [7, 11) is -2.51. The maximum Gasteiger partial charge on any atom is 0.239 e. The molecule has 2 rings (SSSR count). The van der Waals surface area contributed by atoms with Gasteiger partial charge in [-0.15, -0.1) is 0 Å². The highest BCUT2D eigenvalue weighted by Crippen LogP contribution is 2.30. The summed E-state index contributed by atoms with van der Waals surface area (Å²) >= 11 is 0. The Bertz CT molecular complexity index is 647. The van der Waals surface area contributed by atoms with Crippen LogP contribution in [-0.4, -0.2) is 31.5 Å². The van der Waals surface area contributed by atoms with Gasteiger partial charge in [0.2, 0.25) is 16.0 Å². The van der Waals surface area contributed by atoms with E-state index in [4.69, 9.17) is 5.41 Å². The number of nitrogens with one attached hydrogen (secondary N) is 2. The van der Waals surface area contributed by atoms with E-state index < -0.39 is 32.9 Å². The first kappa shape index (κ1) is 13.7. The van der Waals surface area contributed by atoms with Gasteiger partial charge in [-0.05, 0) is 13.0 Å². The Morgan fingerprint density at radius 2 is 2.05 bits per heavy atom. The summed E-state index contributed by atoms with van der Waals surface area (Å²) in [5.74, 6) is -3.00. The number of benzene rings is 1. The monoisotopic (exact) mass is 289 g/mol. The summed E-state index contributed by atoms with van der Waals surface area (Å²) in [5.41, 5.74) is -1.50. The summed E-state index contributed by atoms with van der Waals surface area (Å²) in [5, 5.41) is 10.2. The van der Waals surface area contributed by atoms with E-state index in [-0.39, 0.29) is 11.5 Å². The van der Waals surface area contributed by atoms with E-state index in [1.54, 1.807) is 0 Å². The molecule has 8 heteroatoms. The van der Waals surface area contributed by atoms with Gasteiger partial charge in [0.25, 0.3) is 0 Å². The first-order valence-electron chi connectivity index (χ1n) is 5.45. The molecule has 0 aliphatic carbocycles. The molecule has 104 valence electrons. The summed E-state index contributed by atoms with van der Waals surface area (Å²) in [6.45, 7) is 1.42. The van der Waals surface area contributed by atoms with Crippen molar-refractivity contribution in [3.8, 4) is 0 Å². The van der Waals surface area contributed by atoms with Crippen LogP contribution in [0.5, 0.6) is 0 Å². The van der Waals surface area contributed by atoms with E-state index in [9.17, 15) is 17.2 Å². The predicted octanol–water partition coefficient (Wildman–Crippen LogP) is 0.980. The van der Waals surface area contributed by atoms with Crippen molar-refractivity contribution in [2.75, 3.05) is 12.8 Å². The van der Waals surface area contributed by atoms with Gasteiger partial charge in [0, 0.05) is 12.6 Å². The van der Waals surface area contributed by atoms with E-state index in [1.165, 1.54) is 26.1 Å². The van der Waals surface area contributed by atoms with Gasteiger partial charge >= 0.3 is 0 Å². The molecule has 1 saturated heterocycles. The van der Waals surface area contributed by atoms with Crippen molar-refractivity contribution in [1.29, 1.82) is 5.41 Å². The SMILES string of the molecule is CN1C(=N)N[C@](C)(c2cccc(F)c2F)CS1(=O)=O. The zero-order valence-corrected chi connectivity index (χ0v) is 11.2. The summed E-state index contributed by atoms with van der Waals surface area (Å²) in [6, 6.07) is 3.56. The Kier molecular flexibility index (Phi) is 3.00. The minimum absolute atomic E-state index is 0.117. The van der Waals surface area contributed by atoms with Gasteiger partial charge in [-0.25, -0.2) is 21.5 Å². The second kappa shape index (κ2) is 4.16. The largest absolute Gasteiger partial charge is 0.345 e. The van der Waals surface area contributed by atoms with Crippen molar-refractivity contribution >= 4 is 16.0 Å². The summed E-state index contributed by atoms with van der Waals surface area (Å²) in [4.78, 5) is 0. The molecule has 1 fully saturated rings. The summed E-state index contributed by atoms with van der Waals surface area (Å²) < 4.78 is 51.6. The molecule has 2 N–H and O–H groups in total. The normalized spacial score (nSPS) is 26.1. The van der Waals surface area contributed by atoms with E-state index >= 15 is 0 Å². The summed E-state index contributed by atoms with van der Waals surface area (Å²) in [6.07, 6.45) is 0. The molecule has 1 heterocycles. The molecule has 5 nitrogen and oxygen atoms in total. The maximum atomic E-state index is 13.8. The Morgan fingerprint density at radius 1 is 1.42 bits per heavy atom. The fraction of sp³-hybridized carbons (Fsp3) is 0.364. The molecule has 1 aliphatic heterocycles. The highest BCUT2D eigenvalue weighted by atomic mass is 32.2. The van der Waals surface area contributed by atoms with Gasteiger partial charge in [0.15, 0.2) is 11.6 Å². The maximum absolute atomic E-state index is 13.8. The molecule has 1 aromatic carbocycles. The van der Waals surface area contributed by atoms with E-state index in [0.29, 0.717) is 0 Å². The third-order valence-corrected chi connectivity index (χ3v) is 5.10. The number of rotatable bonds is 1. The lowest BCUT2D eigenvalue weighted by Gasteiger charge is -2.40. The zero-order chi connectivity index (χ0) is 14.4. The van der Waals surface area contributed by atoms with Crippen LogP contribution in [0.25, 0.3) is 0 Å². The van der Waals surface area contributed by atoms with Crippen LogP contribution in [0.15, 0.2) is 18.2 Å². The van der Waals surface area contributed by atoms with Crippen molar-refractivity contribution in [3.63, 3.8) is 0 Å². The first-order valence-corrected chi connectivity index (χ1v) is 7.06. The number of halogens is 2. The van der Waals surface area contributed by atoms with Crippen molar-refractivity contribution in [2.45, 2.75) is 12.5 Å². The molecule has 0 aromatic heterocycles. The van der Waals surface area contributed by atoms with E-state index in [0.717, 1.165) is 10.4 Å². The fourth-order valence-corrected chi connectivity index (χ4v) is 3.53. The van der Waals surface area contributed by atoms with E-state index in [1.807, 2.05) is 0 Å². The Balaban J connectivity index is 2.55. The lowest BCUT2D eigenvalue weighted by molar-refractivity contribution is 0.391. The van der Waals surface area contributed by atoms with Crippen molar-refractivity contribution in [1.82, 2.24) is 9.62 Å². The fourth-order valence-electron chi connectivity index (χ4n) is 2.05. The lowest BCUT2D eigenvalue weighted by Crippen LogP contribution is -2.61. The molecule has 1 aliphatic rings. The van der Waals surface area contributed by atoms with Crippen LogP contribution in [0.4, 0.5) is 8.78 Å².